The molecule has 6 heteroatoms. The number of nitrogens with zero attached hydrogens (tertiary/aromatic N) is 3. The number of allylic oxidation sites excluding steroid dienone is 2. The minimum atomic E-state index is -0.0208. The maximum atomic E-state index is 12.1. The van der Waals surface area contributed by atoms with E-state index in [9.17, 15) is 4.79 Å². The van der Waals surface area contributed by atoms with Crippen LogP contribution in [0.3, 0.4) is 0 Å². The van der Waals surface area contributed by atoms with Crippen molar-refractivity contribution in [3.8, 4) is 0 Å². The molecule has 0 aliphatic rings. The van der Waals surface area contributed by atoms with Crippen molar-refractivity contribution in [3.05, 3.63) is 54.0 Å². The van der Waals surface area contributed by atoms with Crippen LogP contribution in [0.1, 0.15) is 23.1 Å². The Labute approximate surface area is 148 Å². The number of carbonyl (C=O) groups excluding carboxylic acids is 1. The molecule has 0 bridgehead atoms. The molecule has 132 valence electrons. The van der Waals surface area contributed by atoms with Gasteiger partial charge in [-0.3, -0.25) is 4.79 Å². The molecule has 1 aromatic heterocycles. The average Bonchev–Trinajstić information content (AvgIpc) is 2.89. The molecule has 1 heterocycles. The standard InChI is InChI=1S/C19H25N5O/c1-6-15(20)11-13(2)21-10-9-18-22-16-12-14(19(25)23(3)4)7-8-17(16)24(18)5/h6-8,11-12H,1,9-10,20H2,2-5H3/p+1/b15-11+,21-13?. The van der Waals surface area contributed by atoms with Crippen molar-refractivity contribution in [3.63, 3.8) is 0 Å². The van der Waals surface area contributed by atoms with Gasteiger partial charge in [0.05, 0.1) is 17.5 Å². The maximum Gasteiger partial charge on any atom is 0.253 e. The van der Waals surface area contributed by atoms with Gasteiger partial charge in [0.1, 0.15) is 12.4 Å². The first-order chi connectivity index (χ1) is 11.8. The summed E-state index contributed by atoms with van der Waals surface area (Å²) in [5.41, 5.74) is 9.84. The van der Waals surface area contributed by atoms with Gasteiger partial charge in [0.25, 0.3) is 5.91 Å². The molecule has 0 aliphatic carbocycles. The van der Waals surface area contributed by atoms with E-state index < -0.39 is 0 Å². The average molecular weight is 340 g/mol. The Kier molecular flexibility index (Phi) is 5.75. The van der Waals surface area contributed by atoms with E-state index in [1.165, 1.54) is 0 Å². The Bertz CT molecular complexity index is 858. The Morgan fingerprint density at radius 3 is 2.80 bits per heavy atom. The van der Waals surface area contributed by atoms with Crippen LogP contribution >= 0.6 is 0 Å². The third-order valence-electron chi connectivity index (χ3n) is 4.00. The van der Waals surface area contributed by atoms with Gasteiger partial charge >= 0.3 is 0 Å². The second kappa shape index (κ2) is 7.79. The highest BCUT2D eigenvalue weighted by Crippen LogP contribution is 2.17. The largest absolute Gasteiger partial charge is 0.399 e. The maximum absolute atomic E-state index is 12.1. The molecule has 25 heavy (non-hydrogen) atoms. The molecule has 2 aromatic rings. The fraction of sp³-hybridized carbons (Fsp3) is 0.316. The second-order valence-electron chi connectivity index (χ2n) is 6.20. The third kappa shape index (κ3) is 4.35. The first-order valence-electron chi connectivity index (χ1n) is 8.17. The molecule has 0 fully saturated rings. The Morgan fingerprint density at radius 1 is 1.44 bits per heavy atom. The zero-order chi connectivity index (χ0) is 18.6. The lowest BCUT2D eigenvalue weighted by Gasteiger charge is -2.09. The van der Waals surface area contributed by atoms with Crippen LogP contribution in [-0.2, 0) is 13.5 Å². The number of nitrogens with two attached hydrogens (primary N) is 1. The molecule has 0 saturated carbocycles. The summed E-state index contributed by atoms with van der Waals surface area (Å²) in [5, 5.41) is 0. The number of amides is 1. The molecule has 6 nitrogen and oxygen atoms in total. The van der Waals surface area contributed by atoms with E-state index in [1.54, 1.807) is 25.1 Å². The number of hydrogen-bond donors (Lipinski definition) is 2. The van der Waals surface area contributed by atoms with E-state index >= 15 is 0 Å². The zero-order valence-corrected chi connectivity index (χ0v) is 15.3. The lowest BCUT2D eigenvalue weighted by molar-refractivity contribution is -0.456. The first-order valence-corrected chi connectivity index (χ1v) is 8.17. The van der Waals surface area contributed by atoms with E-state index in [0.717, 1.165) is 35.5 Å². The minimum Gasteiger partial charge on any atom is -0.399 e. The smallest absolute Gasteiger partial charge is 0.253 e. The number of benzene rings is 1. The van der Waals surface area contributed by atoms with Gasteiger partial charge in [0.15, 0.2) is 5.71 Å². The number of nitrogens with one attached hydrogen (secondary N) is 1. The molecule has 0 aliphatic heterocycles. The van der Waals surface area contributed by atoms with Crippen molar-refractivity contribution in [2.75, 3.05) is 20.6 Å². The van der Waals surface area contributed by atoms with Crippen molar-refractivity contribution in [2.24, 2.45) is 12.8 Å². The summed E-state index contributed by atoms with van der Waals surface area (Å²) in [4.78, 5) is 21.6. The summed E-state index contributed by atoms with van der Waals surface area (Å²) >= 11 is 0. The summed E-state index contributed by atoms with van der Waals surface area (Å²) in [7, 11) is 5.48. The highest BCUT2D eigenvalue weighted by atomic mass is 16.2. The van der Waals surface area contributed by atoms with Crippen molar-refractivity contribution in [2.45, 2.75) is 13.3 Å². The minimum absolute atomic E-state index is 0.0208. The molecule has 0 radical (unpaired) electrons. The third-order valence-corrected chi connectivity index (χ3v) is 4.00. The molecule has 0 unspecified atom stereocenters. The van der Waals surface area contributed by atoms with Crippen LogP contribution in [0.15, 0.2) is 42.6 Å². The summed E-state index contributed by atoms with van der Waals surface area (Å²) in [5.74, 6) is 0.943. The lowest BCUT2D eigenvalue weighted by atomic mass is 10.2. The molecule has 0 atom stereocenters. The summed E-state index contributed by atoms with van der Waals surface area (Å²) in [6, 6.07) is 5.63. The van der Waals surface area contributed by atoms with Gasteiger partial charge in [-0.1, -0.05) is 6.58 Å². The van der Waals surface area contributed by atoms with Gasteiger partial charge in [-0.15, -0.1) is 0 Å². The van der Waals surface area contributed by atoms with E-state index in [2.05, 4.69) is 21.1 Å². The number of aryl methyl sites for hydroxylation is 1. The van der Waals surface area contributed by atoms with E-state index in [4.69, 9.17) is 5.73 Å². The molecule has 0 saturated heterocycles. The van der Waals surface area contributed by atoms with Crippen LogP contribution < -0.4 is 10.7 Å². The number of imidazole rings is 1. The number of carbonyl (C=O) groups is 1. The zero-order valence-electron chi connectivity index (χ0n) is 15.3. The van der Waals surface area contributed by atoms with Crippen LogP contribution in [0.2, 0.25) is 0 Å². The fourth-order valence-electron chi connectivity index (χ4n) is 2.60. The predicted octanol–water partition coefficient (Wildman–Crippen LogP) is 0.388. The normalized spacial score (nSPS) is 12.5. The summed E-state index contributed by atoms with van der Waals surface area (Å²) in [6.07, 6.45) is 4.23. The highest BCUT2D eigenvalue weighted by molar-refractivity contribution is 5.97. The van der Waals surface area contributed by atoms with Crippen LogP contribution in [-0.4, -0.2) is 46.7 Å². The van der Waals surface area contributed by atoms with Crippen molar-refractivity contribution >= 4 is 22.7 Å². The van der Waals surface area contributed by atoms with Gasteiger partial charge in [-0.2, -0.15) is 0 Å². The van der Waals surface area contributed by atoms with Crippen LogP contribution in [0.25, 0.3) is 11.0 Å². The molecule has 2 rings (SSSR count). The predicted molar refractivity (Wildman–Crippen MR) is 101 cm³/mol. The SMILES string of the molecule is C=C/C(N)=C\C(C)=[NH+]CCc1nc2cc(C(=O)N(C)C)ccc2n1C. The lowest BCUT2D eigenvalue weighted by Crippen LogP contribution is -2.72. The Balaban J connectivity index is 2.19. The summed E-state index contributed by atoms with van der Waals surface area (Å²) in [6.45, 7) is 6.34. The number of aromatic nitrogens is 2. The number of hydrogen-bond acceptors (Lipinski definition) is 3. The highest BCUT2D eigenvalue weighted by Gasteiger charge is 2.13. The fourth-order valence-corrected chi connectivity index (χ4v) is 2.60. The van der Waals surface area contributed by atoms with Crippen LogP contribution in [0, 0.1) is 0 Å². The quantitative estimate of drug-likeness (QED) is 0.590. The molecular weight excluding hydrogens is 314 g/mol. The van der Waals surface area contributed by atoms with E-state index in [0.29, 0.717) is 11.3 Å². The molecule has 0 spiro atoms. The Hall–Kier alpha value is -2.89. The monoisotopic (exact) mass is 340 g/mol. The van der Waals surface area contributed by atoms with Crippen molar-refractivity contribution in [1.29, 1.82) is 0 Å². The van der Waals surface area contributed by atoms with Crippen molar-refractivity contribution in [1.82, 2.24) is 14.5 Å². The molecule has 3 N–H and O–H groups in total. The van der Waals surface area contributed by atoms with E-state index in [-0.39, 0.29) is 5.91 Å². The molecular formula is C19H26N5O+. The second-order valence-corrected chi connectivity index (χ2v) is 6.20. The van der Waals surface area contributed by atoms with Gasteiger partial charge in [-0.25, -0.2) is 9.98 Å². The van der Waals surface area contributed by atoms with Gasteiger partial charge in [-0.05, 0) is 24.3 Å². The van der Waals surface area contributed by atoms with Gasteiger partial charge in [0.2, 0.25) is 0 Å². The summed E-state index contributed by atoms with van der Waals surface area (Å²) < 4.78 is 2.06. The van der Waals surface area contributed by atoms with Crippen LogP contribution in [0.5, 0.6) is 0 Å². The van der Waals surface area contributed by atoms with E-state index in [1.807, 2.05) is 38.2 Å². The number of fused-ring (bicyclic) bond motifs is 1. The Morgan fingerprint density at radius 2 is 2.16 bits per heavy atom. The van der Waals surface area contributed by atoms with Crippen molar-refractivity contribution < 1.29 is 9.79 Å². The van der Waals surface area contributed by atoms with Gasteiger partial charge in [0, 0.05) is 45.4 Å². The van der Waals surface area contributed by atoms with Gasteiger partial charge < -0.3 is 15.2 Å². The van der Waals surface area contributed by atoms with Crippen LogP contribution in [0.4, 0.5) is 0 Å². The number of rotatable bonds is 6. The molecule has 1 aromatic carbocycles. The first kappa shape index (κ1) is 18.4. The molecule has 1 amide bonds. The topological polar surface area (TPSA) is 78.1 Å².